The van der Waals surface area contributed by atoms with Crippen LogP contribution in [-0.2, 0) is 14.3 Å². The molecule has 0 amide bonds. The highest BCUT2D eigenvalue weighted by Crippen LogP contribution is 2.62. The van der Waals surface area contributed by atoms with Gasteiger partial charge < -0.3 is 9.47 Å². The van der Waals surface area contributed by atoms with Crippen LogP contribution in [0.2, 0.25) is 19.6 Å². The van der Waals surface area contributed by atoms with Crippen molar-refractivity contribution in [2.24, 2.45) is 29.1 Å². The zero-order valence-corrected chi connectivity index (χ0v) is 16.7. The summed E-state index contributed by atoms with van der Waals surface area (Å²) in [7, 11) is 0.371. The molecule has 0 N–H and O–H groups in total. The molecule has 4 heteroatoms. The predicted octanol–water partition coefficient (Wildman–Crippen LogP) is 4.05. The summed E-state index contributed by atoms with van der Waals surface area (Å²) in [5, 5.41) is 0. The third-order valence-corrected chi connectivity index (χ3v) is 7.58. The molecule has 0 spiro atoms. The van der Waals surface area contributed by atoms with Crippen LogP contribution in [0.1, 0.15) is 33.6 Å². The molecule has 1 saturated heterocycles. The average molecular weight is 337 g/mol. The molecule has 3 aliphatic rings. The van der Waals surface area contributed by atoms with Gasteiger partial charge >= 0.3 is 0 Å². The molecule has 2 saturated carbocycles. The van der Waals surface area contributed by atoms with Gasteiger partial charge in [-0.15, -0.1) is 0 Å². The number of ketones is 1. The summed E-state index contributed by atoms with van der Waals surface area (Å²) in [6.07, 6.45) is 1.67. The molecule has 1 aliphatic heterocycles. The van der Waals surface area contributed by atoms with E-state index in [4.69, 9.17) is 9.47 Å². The number of hydrogen-bond donors (Lipinski definition) is 0. The highest BCUT2D eigenvalue weighted by Gasteiger charge is 2.66. The minimum atomic E-state index is -1.35. The fraction of sp³-hybridized carbons (Fsp3) is 0.842. The lowest BCUT2D eigenvalue weighted by molar-refractivity contribution is -0.151. The molecular weight excluding hydrogens is 304 g/mol. The Balaban J connectivity index is 2.07. The second-order valence-corrected chi connectivity index (χ2v) is 14.3. The van der Waals surface area contributed by atoms with Gasteiger partial charge in [-0.2, -0.15) is 0 Å². The fourth-order valence-corrected chi connectivity index (χ4v) is 6.96. The Bertz CT molecular complexity index is 533. The van der Waals surface area contributed by atoms with Gasteiger partial charge in [0.1, 0.15) is 6.10 Å². The van der Waals surface area contributed by atoms with E-state index in [2.05, 4.69) is 46.1 Å². The van der Waals surface area contributed by atoms with Gasteiger partial charge in [0.05, 0.1) is 13.5 Å². The van der Waals surface area contributed by atoms with Gasteiger partial charge in [-0.05, 0) is 31.6 Å². The molecule has 3 rings (SSSR count). The van der Waals surface area contributed by atoms with Gasteiger partial charge in [-0.3, -0.25) is 4.79 Å². The first-order chi connectivity index (χ1) is 10.6. The number of fused-ring (bicyclic) bond motifs is 4. The molecule has 3 nitrogen and oxygen atoms in total. The first-order valence-corrected chi connectivity index (χ1v) is 12.6. The molecule has 0 aromatic heterocycles. The van der Waals surface area contributed by atoms with Crippen LogP contribution in [0.15, 0.2) is 11.3 Å². The monoisotopic (exact) mass is 336 g/mol. The van der Waals surface area contributed by atoms with E-state index in [9.17, 15) is 4.79 Å². The van der Waals surface area contributed by atoms with E-state index in [1.807, 2.05) is 0 Å². The summed E-state index contributed by atoms with van der Waals surface area (Å²) < 4.78 is 11.8. The molecule has 130 valence electrons. The Kier molecular flexibility index (Phi) is 4.18. The van der Waals surface area contributed by atoms with E-state index >= 15 is 0 Å². The fourth-order valence-electron chi connectivity index (χ4n) is 5.47. The summed E-state index contributed by atoms with van der Waals surface area (Å²) >= 11 is 0. The third-order valence-electron chi connectivity index (χ3n) is 6.37. The van der Waals surface area contributed by atoms with Gasteiger partial charge in [0.15, 0.2) is 12.1 Å². The molecular formula is C19H32O3Si. The molecule has 6 atom stereocenters. The summed E-state index contributed by atoms with van der Waals surface area (Å²) in [6.45, 7) is 13.7. The number of methoxy groups -OCH3 is 1. The normalized spacial score (nSPS) is 45.1. The maximum Gasteiger partial charge on any atom is 0.172 e. The van der Waals surface area contributed by atoms with Crippen LogP contribution in [0.3, 0.4) is 0 Å². The summed E-state index contributed by atoms with van der Waals surface area (Å²) in [5.41, 5.74) is 3.54. The Morgan fingerprint density at radius 1 is 1.35 bits per heavy atom. The first-order valence-electron chi connectivity index (χ1n) is 9.06. The molecule has 0 aromatic carbocycles. The van der Waals surface area contributed by atoms with E-state index in [-0.39, 0.29) is 17.8 Å². The lowest BCUT2D eigenvalue weighted by atomic mass is 9.57. The van der Waals surface area contributed by atoms with Crippen molar-refractivity contribution in [3.8, 4) is 0 Å². The Morgan fingerprint density at radius 2 is 2.00 bits per heavy atom. The van der Waals surface area contributed by atoms with Gasteiger partial charge in [0.25, 0.3) is 0 Å². The zero-order chi connectivity index (χ0) is 17.2. The largest absolute Gasteiger partial charge is 0.356 e. The number of carbonyl (C=O) groups is 1. The number of carbonyl (C=O) groups excluding carboxylic acids is 1. The van der Waals surface area contributed by atoms with E-state index in [0.29, 0.717) is 29.5 Å². The van der Waals surface area contributed by atoms with Crippen molar-refractivity contribution in [1.29, 1.82) is 0 Å². The number of allylic oxidation sites excluding steroid dienone is 1. The average Bonchev–Trinajstić information content (AvgIpc) is 2.93. The molecule has 2 bridgehead atoms. The van der Waals surface area contributed by atoms with E-state index in [1.165, 1.54) is 5.57 Å². The molecule has 0 aromatic rings. The third kappa shape index (κ3) is 2.49. The molecule has 2 aliphatic carbocycles. The lowest BCUT2D eigenvalue weighted by Gasteiger charge is -2.45. The van der Waals surface area contributed by atoms with Crippen molar-refractivity contribution in [2.75, 3.05) is 7.11 Å². The number of Topliss-reactive ketones (excluding diaryl/α,β-unsaturated/α-hetero) is 1. The maximum atomic E-state index is 13.5. The molecule has 0 radical (unpaired) electrons. The minimum Gasteiger partial charge on any atom is -0.356 e. The van der Waals surface area contributed by atoms with E-state index in [1.54, 1.807) is 7.11 Å². The highest BCUT2D eigenvalue weighted by molar-refractivity contribution is 6.81. The van der Waals surface area contributed by atoms with Gasteiger partial charge in [0, 0.05) is 18.9 Å². The Morgan fingerprint density at radius 3 is 2.52 bits per heavy atom. The zero-order valence-electron chi connectivity index (χ0n) is 15.7. The summed E-state index contributed by atoms with van der Waals surface area (Å²) in [5.74, 6) is 1.79. The standard InChI is InChI=1S/C19H32O3Si/c1-11(2)14-15-13-9-8-12(10-23(5,6)7)19(13,3)17(20)16(14)22-18(15)21-4/h10-11,13-16,18H,8-9H2,1-7H3/b12-10+/t13-,14-,15+,16+,18+,19-/m0/s1. The number of hydrogen-bond acceptors (Lipinski definition) is 3. The van der Waals surface area contributed by atoms with E-state index < -0.39 is 8.07 Å². The van der Waals surface area contributed by atoms with Crippen molar-refractivity contribution >= 4 is 13.9 Å². The van der Waals surface area contributed by atoms with Crippen molar-refractivity contribution in [1.82, 2.24) is 0 Å². The highest BCUT2D eigenvalue weighted by atomic mass is 28.3. The number of ether oxygens (including phenoxy) is 2. The summed E-state index contributed by atoms with van der Waals surface area (Å²) in [4.78, 5) is 13.5. The first kappa shape index (κ1) is 17.4. The smallest absolute Gasteiger partial charge is 0.172 e. The molecule has 23 heavy (non-hydrogen) atoms. The molecule has 0 unspecified atom stereocenters. The molecule has 3 fully saturated rings. The SMILES string of the molecule is CO[C@@H]1O[C@H]2C(=O)[C@@]3(C)/C(=C/[Si](C)(C)C)CC[C@H]3[C@@H]1[C@@H]2C(C)C. The topological polar surface area (TPSA) is 35.5 Å². The second-order valence-electron chi connectivity index (χ2n) is 9.31. The van der Waals surface area contributed by atoms with Gasteiger partial charge in [-0.1, -0.05) is 44.8 Å². The quantitative estimate of drug-likeness (QED) is 0.729. The predicted molar refractivity (Wildman–Crippen MR) is 94.8 cm³/mol. The van der Waals surface area contributed by atoms with Crippen molar-refractivity contribution in [2.45, 2.75) is 65.6 Å². The molecule has 1 heterocycles. The second kappa shape index (κ2) is 5.53. The van der Waals surface area contributed by atoms with Crippen LogP contribution in [-0.4, -0.2) is 33.4 Å². The van der Waals surface area contributed by atoms with Crippen LogP contribution >= 0.6 is 0 Å². The van der Waals surface area contributed by atoms with Gasteiger partial charge in [-0.25, -0.2) is 0 Å². The van der Waals surface area contributed by atoms with E-state index in [0.717, 1.165) is 12.8 Å². The Labute approximate surface area is 141 Å². The van der Waals surface area contributed by atoms with Crippen LogP contribution in [0, 0.1) is 29.1 Å². The minimum absolute atomic E-state index is 0.214. The van der Waals surface area contributed by atoms with Crippen molar-refractivity contribution in [3.63, 3.8) is 0 Å². The number of rotatable bonds is 3. The Hall–Kier alpha value is -0.453. The van der Waals surface area contributed by atoms with Crippen LogP contribution in [0.25, 0.3) is 0 Å². The van der Waals surface area contributed by atoms with Crippen LogP contribution < -0.4 is 0 Å². The van der Waals surface area contributed by atoms with Crippen molar-refractivity contribution in [3.05, 3.63) is 11.3 Å². The van der Waals surface area contributed by atoms with Crippen molar-refractivity contribution < 1.29 is 14.3 Å². The van der Waals surface area contributed by atoms with Crippen LogP contribution in [0.4, 0.5) is 0 Å². The maximum absolute atomic E-state index is 13.5. The van der Waals surface area contributed by atoms with Gasteiger partial charge in [0.2, 0.25) is 0 Å². The lowest BCUT2D eigenvalue weighted by Crippen LogP contribution is -2.52. The summed E-state index contributed by atoms with van der Waals surface area (Å²) in [6, 6.07) is 0. The van der Waals surface area contributed by atoms with Crippen LogP contribution in [0.5, 0.6) is 0 Å².